The van der Waals surface area contributed by atoms with E-state index in [0.717, 1.165) is 0 Å². The van der Waals surface area contributed by atoms with Gasteiger partial charge in [-0.3, -0.25) is 9.71 Å². The van der Waals surface area contributed by atoms with E-state index in [1.54, 1.807) is 37.4 Å². The molecule has 2 aromatic rings. The molecule has 1 aromatic carbocycles. The lowest BCUT2D eigenvalue weighted by Gasteiger charge is -2.13. The van der Waals surface area contributed by atoms with E-state index < -0.39 is 10.0 Å². The van der Waals surface area contributed by atoms with Crippen molar-refractivity contribution in [2.24, 2.45) is 5.73 Å². The summed E-state index contributed by atoms with van der Waals surface area (Å²) in [5.41, 5.74) is 7.29. The number of nitrogens with zero attached hydrogens (tertiary/aromatic N) is 1. The van der Waals surface area contributed by atoms with E-state index in [-0.39, 0.29) is 17.2 Å². The number of anilines is 1. The van der Waals surface area contributed by atoms with Crippen molar-refractivity contribution >= 4 is 15.7 Å². The molecule has 0 saturated carbocycles. The SMILES string of the molecule is COc1ccc(CN)cc1S(=O)(=O)Nc1cccnc1C. The van der Waals surface area contributed by atoms with Gasteiger partial charge >= 0.3 is 0 Å². The van der Waals surface area contributed by atoms with E-state index in [9.17, 15) is 8.42 Å². The lowest BCUT2D eigenvalue weighted by Crippen LogP contribution is -2.15. The lowest BCUT2D eigenvalue weighted by atomic mass is 10.2. The van der Waals surface area contributed by atoms with Gasteiger partial charge in [0.15, 0.2) is 0 Å². The Morgan fingerprint density at radius 1 is 1.33 bits per heavy atom. The summed E-state index contributed by atoms with van der Waals surface area (Å²) in [6.45, 7) is 1.98. The van der Waals surface area contributed by atoms with Gasteiger partial charge in [-0.15, -0.1) is 0 Å². The maximum Gasteiger partial charge on any atom is 0.265 e. The van der Waals surface area contributed by atoms with E-state index in [0.29, 0.717) is 16.9 Å². The topological polar surface area (TPSA) is 94.3 Å². The Hall–Kier alpha value is -2.12. The number of sulfonamides is 1. The van der Waals surface area contributed by atoms with Crippen LogP contribution in [-0.4, -0.2) is 20.5 Å². The van der Waals surface area contributed by atoms with Crippen molar-refractivity contribution in [1.82, 2.24) is 4.98 Å². The second kappa shape index (κ2) is 6.11. The molecular weight excluding hydrogens is 290 g/mol. The third-order valence-corrected chi connectivity index (χ3v) is 4.39. The average Bonchev–Trinajstić information content (AvgIpc) is 2.48. The van der Waals surface area contributed by atoms with Crippen LogP contribution >= 0.6 is 0 Å². The van der Waals surface area contributed by atoms with Crippen molar-refractivity contribution in [2.45, 2.75) is 18.4 Å². The molecule has 0 aliphatic heterocycles. The van der Waals surface area contributed by atoms with Gasteiger partial charge in [0.25, 0.3) is 10.0 Å². The molecule has 0 bridgehead atoms. The largest absolute Gasteiger partial charge is 0.495 e. The van der Waals surface area contributed by atoms with Crippen LogP contribution in [0, 0.1) is 6.92 Å². The van der Waals surface area contributed by atoms with Crippen molar-refractivity contribution in [1.29, 1.82) is 0 Å². The molecule has 21 heavy (non-hydrogen) atoms. The Morgan fingerprint density at radius 3 is 2.71 bits per heavy atom. The second-order valence-electron chi connectivity index (χ2n) is 4.43. The molecule has 0 atom stereocenters. The number of nitrogens with two attached hydrogens (primary N) is 1. The van der Waals surface area contributed by atoms with E-state index in [2.05, 4.69) is 9.71 Å². The summed E-state index contributed by atoms with van der Waals surface area (Å²) in [6.07, 6.45) is 1.60. The van der Waals surface area contributed by atoms with Crippen molar-refractivity contribution in [2.75, 3.05) is 11.8 Å². The summed E-state index contributed by atoms with van der Waals surface area (Å²) in [5.74, 6) is 0.265. The monoisotopic (exact) mass is 307 g/mol. The zero-order valence-electron chi connectivity index (χ0n) is 11.8. The highest BCUT2D eigenvalue weighted by Gasteiger charge is 2.21. The summed E-state index contributed by atoms with van der Waals surface area (Å²) >= 11 is 0. The molecule has 6 nitrogen and oxygen atoms in total. The minimum Gasteiger partial charge on any atom is -0.495 e. The maximum atomic E-state index is 12.5. The van der Waals surface area contributed by atoms with Gasteiger partial charge < -0.3 is 10.5 Å². The Labute approximate surface area is 124 Å². The molecule has 1 heterocycles. The average molecular weight is 307 g/mol. The van der Waals surface area contributed by atoms with Crippen molar-refractivity contribution in [3.8, 4) is 5.75 Å². The van der Waals surface area contributed by atoms with Crippen LogP contribution < -0.4 is 15.2 Å². The first-order valence-corrected chi connectivity index (χ1v) is 7.77. The number of rotatable bonds is 5. The molecule has 0 aliphatic carbocycles. The Kier molecular flexibility index (Phi) is 4.44. The van der Waals surface area contributed by atoms with Gasteiger partial charge in [-0.05, 0) is 36.8 Å². The van der Waals surface area contributed by atoms with Crippen LogP contribution in [0.2, 0.25) is 0 Å². The fourth-order valence-corrected chi connectivity index (χ4v) is 3.19. The maximum absolute atomic E-state index is 12.5. The number of hydrogen-bond acceptors (Lipinski definition) is 5. The number of pyridine rings is 1. The number of nitrogens with one attached hydrogen (secondary N) is 1. The molecule has 3 N–H and O–H groups in total. The van der Waals surface area contributed by atoms with Gasteiger partial charge in [-0.25, -0.2) is 8.42 Å². The third kappa shape index (κ3) is 3.32. The lowest BCUT2D eigenvalue weighted by molar-refractivity contribution is 0.402. The first-order valence-electron chi connectivity index (χ1n) is 6.29. The summed E-state index contributed by atoms with van der Waals surface area (Å²) in [7, 11) is -2.36. The molecule has 0 unspecified atom stereocenters. The molecule has 112 valence electrons. The molecule has 0 fully saturated rings. The van der Waals surface area contributed by atoms with Crippen LogP contribution in [0.25, 0.3) is 0 Å². The van der Waals surface area contributed by atoms with Crippen LogP contribution in [0.15, 0.2) is 41.4 Å². The van der Waals surface area contributed by atoms with Crippen LogP contribution in [0.5, 0.6) is 5.75 Å². The van der Waals surface area contributed by atoms with E-state index in [1.807, 2.05) is 0 Å². The second-order valence-corrected chi connectivity index (χ2v) is 6.08. The van der Waals surface area contributed by atoms with Crippen LogP contribution in [0.4, 0.5) is 5.69 Å². The highest BCUT2D eigenvalue weighted by Crippen LogP contribution is 2.27. The third-order valence-electron chi connectivity index (χ3n) is 3.00. The van der Waals surface area contributed by atoms with Crippen molar-refractivity contribution < 1.29 is 13.2 Å². The van der Waals surface area contributed by atoms with E-state index in [4.69, 9.17) is 10.5 Å². The fraction of sp³-hybridized carbons (Fsp3) is 0.214. The standard InChI is InChI=1S/C14H17N3O3S/c1-10-12(4-3-7-16-10)17-21(18,19)14-8-11(9-15)5-6-13(14)20-2/h3-8,17H,9,15H2,1-2H3. The number of aromatic nitrogens is 1. The smallest absolute Gasteiger partial charge is 0.265 e. The Bertz CT molecular complexity index is 745. The summed E-state index contributed by atoms with van der Waals surface area (Å²) < 4.78 is 32.7. The van der Waals surface area contributed by atoms with E-state index in [1.165, 1.54) is 13.2 Å². The predicted octanol–water partition coefficient (Wildman–Crippen LogP) is 1.66. The highest BCUT2D eigenvalue weighted by atomic mass is 32.2. The molecule has 0 saturated heterocycles. The molecule has 0 radical (unpaired) electrons. The van der Waals surface area contributed by atoms with Crippen LogP contribution in [0.1, 0.15) is 11.3 Å². The van der Waals surface area contributed by atoms with Gasteiger partial charge in [-0.2, -0.15) is 0 Å². The van der Waals surface area contributed by atoms with Gasteiger partial charge in [0.1, 0.15) is 10.6 Å². The minimum atomic E-state index is -3.78. The highest BCUT2D eigenvalue weighted by molar-refractivity contribution is 7.92. The van der Waals surface area contributed by atoms with Gasteiger partial charge in [0.05, 0.1) is 18.5 Å². The summed E-state index contributed by atoms with van der Waals surface area (Å²) in [5, 5.41) is 0. The van der Waals surface area contributed by atoms with Crippen LogP contribution in [0.3, 0.4) is 0 Å². The molecule has 7 heteroatoms. The number of aryl methyl sites for hydroxylation is 1. The quantitative estimate of drug-likeness (QED) is 0.876. The van der Waals surface area contributed by atoms with Crippen molar-refractivity contribution in [3.05, 3.63) is 47.8 Å². The zero-order chi connectivity index (χ0) is 15.5. The molecule has 1 aromatic heterocycles. The minimum absolute atomic E-state index is 0.0520. The molecule has 2 rings (SSSR count). The van der Waals surface area contributed by atoms with Gasteiger partial charge in [0.2, 0.25) is 0 Å². The fourth-order valence-electron chi connectivity index (χ4n) is 1.85. The first kappa shape index (κ1) is 15.3. The summed E-state index contributed by atoms with van der Waals surface area (Å²) in [4.78, 5) is 4.11. The normalized spacial score (nSPS) is 11.2. The van der Waals surface area contributed by atoms with E-state index >= 15 is 0 Å². The Balaban J connectivity index is 2.46. The van der Waals surface area contributed by atoms with Crippen molar-refractivity contribution in [3.63, 3.8) is 0 Å². The van der Waals surface area contributed by atoms with Crippen LogP contribution in [-0.2, 0) is 16.6 Å². The zero-order valence-corrected chi connectivity index (χ0v) is 12.6. The first-order chi connectivity index (χ1) is 9.97. The Morgan fingerprint density at radius 2 is 2.10 bits per heavy atom. The molecule has 0 amide bonds. The molecular formula is C14H17N3O3S. The molecule has 0 aliphatic rings. The predicted molar refractivity (Wildman–Crippen MR) is 80.7 cm³/mol. The molecule has 0 spiro atoms. The summed E-state index contributed by atoms with van der Waals surface area (Å²) in [6, 6.07) is 8.14. The number of benzene rings is 1. The van der Waals surface area contributed by atoms with Gasteiger partial charge in [-0.1, -0.05) is 6.07 Å². The number of hydrogen-bond donors (Lipinski definition) is 2. The number of methoxy groups -OCH3 is 1. The number of ether oxygens (including phenoxy) is 1. The van der Waals surface area contributed by atoms with Gasteiger partial charge in [0, 0.05) is 12.7 Å².